The van der Waals surface area contributed by atoms with Crippen LogP contribution in [0.3, 0.4) is 0 Å². The zero-order valence-corrected chi connectivity index (χ0v) is 24.2. The Morgan fingerprint density at radius 3 is 2.23 bits per heavy atom. The Morgan fingerprint density at radius 2 is 1.69 bits per heavy atom. The second-order valence-electron chi connectivity index (χ2n) is 11.3. The average Bonchev–Trinajstić information content (AvgIpc) is 3.25. The second kappa shape index (κ2) is 11.1. The van der Waals surface area contributed by atoms with E-state index in [0.717, 1.165) is 5.57 Å². The summed E-state index contributed by atoms with van der Waals surface area (Å²) in [6.07, 6.45) is 1.12. The number of hydrogen-bond acceptors (Lipinski definition) is 10. The molecule has 0 aromatic heterocycles. The van der Waals surface area contributed by atoms with Crippen LogP contribution in [0.15, 0.2) is 23.3 Å². The third-order valence-corrected chi connectivity index (χ3v) is 8.41. The van der Waals surface area contributed by atoms with E-state index >= 15 is 0 Å². The van der Waals surface area contributed by atoms with Crippen LogP contribution in [0.1, 0.15) is 75.2 Å². The normalized spacial score (nSPS) is 36.4. The summed E-state index contributed by atoms with van der Waals surface area (Å²) in [7, 11) is 0. The number of allylic oxidation sites excluding steroid dienone is 1. The Balaban J connectivity index is 2.21. The molecule has 1 saturated carbocycles. The lowest BCUT2D eigenvalue weighted by molar-refractivity contribution is -0.187. The van der Waals surface area contributed by atoms with Crippen LogP contribution in [-0.4, -0.2) is 59.4 Å². The molecule has 216 valence electrons. The Labute approximate surface area is 229 Å². The Morgan fingerprint density at radius 1 is 1.08 bits per heavy atom. The number of ether oxygens (including phenoxy) is 5. The van der Waals surface area contributed by atoms with Crippen LogP contribution >= 0.6 is 0 Å². The minimum Gasteiger partial charge on any atom is -0.461 e. The van der Waals surface area contributed by atoms with Crippen molar-refractivity contribution in [2.24, 2.45) is 23.7 Å². The highest BCUT2D eigenvalue weighted by Gasteiger charge is 2.69. The monoisotopic (exact) mass is 548 g/mol. The lowest BCUT2D eigenvalue weighted by Crippen LogP contribution is -2.51. The molecule has 1 saturated heterocycles. The maximum absolute atomic E-state index is 13.3. The van der Waals surface area contributed by atoms with Gasteiger partial charge in [0.2, 0.25) is 5.60 Å². The molecule has 1 heterocycles. The maximum atomic E-state index is 13.3. The molecule has 2 fully saturated rings. The van der Waals surface area contributed by atoms with Crippen LogP contribution in [0.2, 0.25) is 0 Å². The number of hydrogen-bond donors (Lipinski definition) is 0. The van der Waals surface area contributed by atoms with E-state index in [4.69, 9.17) is 23.7 Å². The van der Waals surface area contributed by atoms with Gasteiger partial charge >= 0.3 is 29.8 Å². The molecule has 0 unspecified atom stereocenters. The van der Waals surface area contributed by atoms with E-state index in [1.54, 1.807) is 39.8 Å². The molecule has 0 spiro atoms. The summed E-state index contributed by atoms with van der Waals surface area (Å²) in [5.41, 5.74) is -1.92. The lowest BCUT2D eigenvalue weighted by Gasteiger charge is -2.41. The van der Waals surface area contributed by atoms with Gasteiger partial charge in [-0.1, -0.05) is 25.5 Å². The SMILES string of the molecule is C/C=C(/C)C(=O)O[C@@H]1C=C(C)[C@H]2[C@@H]3OC(=O)[C@@](C)(OC(C)=O)[C@@H]3[C@@H](OC(=O)[C@@H](C)CC)C[C@](C)(OC(C)=O)[C@H]21. The topological polar surface area (TPSA) is 132 Å². The van der Waals surface area contributed by atoms with Crippen LogP contribution in [-0.2, 0) is 47.7 Å². The van der Waals surface area contributed by atoms with Gasteiger partial charge in [0.25, 0.3) is 0 Å². The standard InChI is InChI=1S/C29H40O10/c1-10-14(3)25(32)35-19-12-16(5)21-22(19)28(8,38-17(6)30)13-20(36-26(33)15(4)11-2)23-24(21)37-27(34)29(23,9)39-18(7)31/h10,12,15,19-24H,11,13H2,1-9H3/b14-10-/t15-,19+,20-,21+,22-,23+,24-,28-,29-/m0/s1. The maximum Gasteiger partial charge on any atom is 0.351 e. The first kappa shape index (κ1) is 30.4. The molecule has 0 aromatic rings. The fraction of sp³-hybridized carbons (Fsp3) is 0.690. The average molecular weight is 549 g/mol. The molecule has 3 rings (SSSR count). The van der Waals surface area contributed by atoms with Crippen LogP contribution < -0.4 is 0 Å². The number of fused-ring (bicyclic) bond motifs is 3. The largest absolute Gasteiger partial charge is 0.461 e. The van der Waals surface area contributed by atoms with Crippen molar-refractivity contribution in [3.8, 4) is 0 Å². The zero-order valence-electron chi connectivity index (χ0n) is 24.2. The summed E-state index contributed by atoms with van der Waals surface area (Å²) >= 11 is 0. The van der Waals surface area contributed by atoms with E-state index in [-0.39, 0.29) is 6.42 Å². The van der Waals surface area contributed by atoms with Crippen molar-refractivity contribution in [2.45, 2.75) is 105 Å². The highest BCUT2D eigenvalue weighted by Crippen LogP contribution is 2.56. The molecule has 2 aliphatic carbocycles. The number of esters is 5. The fourth-order valence-electron chi connectivity index (χ4n) is 6.28. The molecule has 0 bridgehead atoms. The second-order valence-corrected chi connectivity index (χ2v) is 11.3. The third kappa shape index (κ3) is 5.61. The lowest BCUT2D eigenvalue weighted by atomic mass is 9.74. The van der Waals surface area contributed by atoms with Crippen LogP contribution in [0.4, 0.5) is 0 Å². The van der Waals surface area contributed by atoms with Crippen molar-refractivity contribution in [1.82, 2.24) is 0 Å². The molecule has 0 N–H and O–H groups in total. The van der Waals surface area contributed by atoms with Crippen LogP contribution in [0, 0.1) is 23.7 Å². The summed E-state index contributed by atoms with van der Waals surface area (Å²) in [5.74, 6) is -5.69. The fourth-order valence-corrected chi connectivity index (χ4v) is 6.28. The van der Waals surface area contributed by atoms with Gasteiger partial charge in [-0.2, -0.15) is 0 Å². The molecular formula is C29H40O10. The van der Waals surface area contributed by atoms with Crippen molar-refractivity contribution in [3.63, 3.8) is 0 Å². The number of carbonyl (C=O) groups excluding carboxylic acids is 5. The van der Waals surface area contributed by atoms with Gasteiger partial charge in [-0.05, 0) is 47.1 Å². The van der Waals surface area contributed by atoms with Gasteiger partial charge in [-0.25, -0.2) is 9.59 Å². The first-order chi connectivity index (χ1) is 18.1. The quantitative estimate of drug-likeness (QED) is 0.201. The molecule has 0 radical (unpaired) electrons. The molecule has 10 nitrogen and oxygen atoms in total. The molecule has 9 atom stereocenters. The van der Waals surface area contributed by atoms with Gasteiger partial charge in [0.15, 0.2) is 0 Å². The first-order valence-electron chi connectivity index (χ1n) is 13.4. The highest BCUT2D eigenvalue weighted by molar-refractivity contribution is 5.88. The molecule has 10 heteroatoms. The zero-order chi connectivity index (χ0) is 29.4. The summed E-state index contributed by atoms with van der Waals surface area (Å²) in [5, 5.41) is 0. The van der Waals surface area contributed by atoms with Gasteiger partial charge < -0.3 is 23.7 Å². The number of carbonyl (C=O) groups is 5. The minimum atomic E-state index is -1.76. The third-order valence-electron chi connectivity index (χ3n) is 8.41. The molecule has 3 aliphatic rings. The van der Waals surface area contributed by atoms with Crippen molar-refractivity contribution >= 4 is 29.8 Å². The van der Waals surface area contributed by atoms with Gasteiger partial charge in [-0.3, -0.25) is 14.4 Å². The van der Waals surface area contributed by atoms with E-state index in [1.165, 1.54) is 20.8 Å². The Bertz CT molecular complexity index is 1110. The van der Waals surface area contributed by atoms with Crippen molar-refractivity contribution in [1.29, 1.82) is 0 Å². The van der Waals surface area contributed by atoms with Crippen molar-refractivity contribution < 1.29 is 47.7 Å². The van der Waals surface area contributed by atoms with E-state index < -0.39 is 83.0 Å². The summed E-state index contributed by atoms with van der Waals surface area (Å²) < 4.78 is 29.4. The van der Waals surface area contributed by atoms with Crippen molar-refractivity contribution in [3.05, 3.63) is 23.3 Å². The Kier molecular flexibility index (Phi) is 8.67. The van der Waals surface area contributed by atoms with Gasteiger partial charge in [-0.15, -0.1) is 0 Å². The predicted molar refractivity (Wildman–Crippen MR) is 138 cm³/mol. The highest BCUT2D eigenvalue weighted by atomic mass is 16.6. The summed E-state index contributed by atoms with van der Waals surface area (Å²) in [6, 6.07) is 0. The molecule has 39 heavy (non-hydrogen) atoms. The van der Waals surface area contributed by atoms with Crippen LogP contribution in [0.5, 0.6) is 0 Å². The molecule has 0 amide bonds. The van der Waals surface area contributed by atoms with Gasteiger partial charge in [0.1, 0.15) is 23.9 Å². The molecule has 0 aromatic carbocycles. The van der Waals surface area contributed by atoms with E-state index in [2.05, 4.69) is 0 Å². The minimum absolute atomic E-state index is 0.0393. The van der Waals surface area contributed by atoms with E-state index in [0.29, 0.717) is 12.0 Å². The molecule has 1 aliphatic heterocycles. The summed E-state index contributed by atoms with van der Waals surface area (Å²) in [4.78, 5) is 63.8. The van der Waals surface area contributed by atoms with Gasteiger partial charge in [0.05, 0.1) is 11.8 Å². The Hall–Kier alpha value is -3.17. The van der Waals surface area contributed by atoms with E-state index in [9.17, 15) is 24.0 Å². The molecular weight excluding hydrogens is 508 g/mol. The summed E-state index contributed by atoms with van der Waals surface area (Å²) in [6.45, 7) is 14.4. The van der Waals surface area contributed by atoms with Crippen molar-refractivity contribution in [2.75, 3.05) is 0 Å². The predicted octanol–water partition coefficient (Wildman–Crippen LogP) is 3.60. The van der Waals surface area contributed by atoms with Gasteiger partial charge in [0, 0.05) is 37.7 Å². The first-order valence-corrected chi connectivity index (χ1v) is 13.4. The smallest absolute Gasteiger partial charge is 0.351 e. The van der Waals surface area contributed by atoms with E-state index in [1.807, 2.05) is 13.8 Å². The van der Waals surface area contributed by atoms with Crippen LogP contribution in [0.25, 0.3) is 0 Å². The number of rotatable bonds is 7.